The van der Waals surface area contributed by atoms with Gasteiger partial charge in [-0.15, -0.1) is 0 Å². The van der Waals surface area contributed by atoms with Gasteiger partial charge in [-0.25, -0.2) is 0 Å². The van der Waals surface area contributed by atoms with Gasteiger partial charge in [-0.2, -0.15) is 5.10 Å². The summed E-state index contributed by atoms with van der Waals surface area (Å²) >= 11 is 0. The van der Waals surface area contributed by atoms with Gasteiger partial charge < -0.3 is 11.1 Å². The first-order valence-electron chi connectivity index (χ1n) is 5.58. The van der Waals surface area contributed by atoms with E-state index in [9.17, 15) is 0 Å². The van der Waals surface area contributed by atoms with Crippen molar-refractivity contribution in [2.75, 3.05) is 6.54 Å². The number of aryl methyl sites for hydroxylation is 1. The van der Waals surface area contributed by atoms with Crippen molar-refractivity contribution in [2.45, 2.75) is 37.8 Å². The predicted octanol–water partition coefficient (Wildman–Crippen LogP) is 0.952. The molecule has 0 radical (unpaired) electrons. The molecule has 1 fully saturated rings. The maximum atomic E-state index is 6.08. The summed E-state index contributed by atoms with van der Waals surface area (Å²) in [7, 11) is 1.91. The van der Waals surface area contributed by atoms with Crippen molar-refractivity contribution in [3.63, 3.8) is 0 Å². The highest BCUT2D eigenvalue weighted by Crippen LogP contribution is 2.31. The fourth-order valence-electron chi connectivity index (χ4n) is 1.99. The van der Waals surface area contributed by atoms with Crippen LogP contribution in [0, 0.1) is 0 Å². The first kappa shape index (κ1) is 10.6. The Morgan fingerprint density at radius 1 is 1.67 bits per heavy atom. The van der Waals surface area contributed by atoms with Gasteiger partial charge in [0.15, 0.2) is 0 Å². The summed E-state index contributed by atoms with van der Waals surface area (Å²) in [6, 6.07) is 0.0520. The first-order chi connectivity index (χ1) is 7.09. The molecule has 1 atom stereocenters. The summed E-state index contributed by atoms with van der Waals surface area (Å²) in [4.78, 5) is 0. The van der Waals surface area contributed by atoms with E-state index in [1.807, 2.05) is 19.4 Å². The van der Waals surface area contributed by atoms with E-state index in [0.717, 1.165) is 12.1 Å². The van der Waals surface area contributed by atoms with Crippen molar-refractivity contribution >= 4 is 0 Å². The molecule has 2 rings (SSSR count). The number of hydrogen-bond acceptors (Lipinski definition) is 3. The highest BCUT2D eigenvalue weighted by molar-refractivity contribution is 5.10. The molecule has 1 unspecified atom stereocenters. The number of hydrogen-bond donors (Lipinski definition) is 2. The second-order valence-corrected chi connectivity index (χ2v) is 4.85. The minimum Gasteiger partial charge on any atom is -0.323 e. The third kappa shape index (κ3) is 2.38. The van der Waals surface area contributed by atoms with Crippen LogP contribution in [-0.2, 0) is 7.05 Å². The smallest absolute Gasteiger partial charge is 0.0537 e. The molecule has 1 heterocycles. The highest BCUT2D eigenvalue weighted by atomic mass is 15.2. The summed E-state index contributed by atoms with van der Waals surface area (Å²) in [6.07, 6.45) is 7.70. The van der Waals surface area contributed by atoms with E-state index in [4.69, 9.17) is 5.73 Å². The topological polar surface area (TPSA) is 55.9 Å². The van der Waals surface area contributed by atoms with E-state index < -0.39 is 0 Å². The number of rotatable bonds is 4. The standard InChI is InChI=1S/C11H20N4/c1-11(4-3-5-11)13-7-10(12)9-6-14-15(2)8-9/h6,8,10,13H,3-5,7,12H2,1-2H3. The van der Waals surface area contributed by atoms with Gasteiger partial charge in [-0.3, -0.25) is 4.68 Å². The fraction of sp³-hybridized carbons (Fsp3) is 0.727. The van der Waals surface area contributed by atoms with Crippen LogP contribution in [0.4, 0.5) is 0 Å². The largest absolute Gasteiger partial charge is 0.323 e. The molecule has 0 saturated heterocycles. The van der Waals surface area contributed by atoms with Crippen molar-refractivity contribution in [1.82, 2.24) is 15.1 Å². The summed E-state index contributed by atoms with van der Waals surface area (Å²) in [5.74, 6) is 0. The molecule has 4 heteroatoms. The molecule has 0 aliphatic heterocycles. The second-order valence-electron chi connectivity index (χ2n) is 4.85. The van der Waals surface area contributed by atoms with Gasteiger partial charge in [0.25, 0.3) is 0 Å². The molecule has 0 amide bonds. The lowest BCUT2D eigenvalue weighted by Crippen LogP contribution is -2.50. The molecule has 84 valence electrons. The van der Waals surface area contributed by atoms with Crippen molar-refractivity contribution in [3.8, 4) is 0 Å². The van der Waals surface area contributed by atoms with Crippen molar-refractivity contribution in [2.24, 2.45) is 12.8 Å². The monoisotopic (exact) mass is 208 g/mol. The Kier molecular flexibility index (Phi) is 2.80. The Morgan fingerprint density at radius 2 is 2.40 bits per heavy atom. The lowest BCUT2D eigenvalue weighted by molar-refractivity contribution is 0.205. The Hall–Kier alpha value is -0.870. The summed E-state index contributed by atoms with van der Waals surface area (Å²) in [5, 5.41) is 7.67. The number of nitrogens with two attached hydrogens (primary N) is 1. The minimum atomic E-state index is 0.0520. The SMILES string of the molecule is Cn1cc(C(N)CNC2(C)CCC2)cn1. The molecule has 0 bridgehead atoms. The Balaban J connectivity index is 1.84. The molecule has 1 aromatic rings. The molecule has 15 heavy (non-hydrogen) atoms. The van der Waals surface area contributed by atoms with Gasteiger partial charge in [-0.05, 0) is 26.2 Å². The lowest BCUT2D eigenvalue weighted by atomic mass is 9.78. The Morgan fingerprint density at radius 3 is 2.87 bits per heavy atom. The zero-order valence-electron chi connectivity index (χ0n) is 9.53. The van der Waals surface area contributed by atoms with Crippen LogP contribution in [0.25, 0.3) is 0 Å². The molecule has 0 spiro atoms. The zero-order valence-corrected chi connectivity index (χ0v) is 9.53. The van der Waals surface area contributed by atoms with E-state index in [2.05, 4.69) is 17.3 Å². The Bertz CT molecular complexity index is 327. The van der Waals surface area contributed by atoms with Crippen LogP contribution < -0.4 is 11.1 Å². The summed E-state index contributed by atoms with van der Waals surface area (Å²) < 4.78 is 1.79. The van der Waals surface area contributed by atoms with Crippen LogP contribution >= 0.6 is 0 Å². The van der Waals surface area contributed by atoms with E-state index in [1.165, 1.54) is 19.3 Å². The van der Waals surface area contributed by atoms with Crippen LogP contribution in [0.5, 0.6) is 0 Å². The average molecular weight is 208 g/mol. The molecule has 1 saturated carbocycles. The predicted molar refractivity (Wildman–Crippen MR) is 60.4 cm³/mol. The molecule has 0 aromatic carbocycles. The number of nitrogens with one attached hydrogen (secondary N) is 1. The molecular formula is C11H20N4. The van der Waals surface area contributed by atoms with Crippen molar-refractivity contribution in [1.29, 1.82) is 0 Å². The van der Waals surface area contributed by atoms with Gasteiger partial charge in [0, 0.05) is 36.9 Å². The lowest BCUT2D eigenvalue weighted by Gasteiger charge is -2.40. The van der Waals surface area contributed by atoms with Gasteiger partial charge in [0.1, 0.15) is 0 Å². The molecule has 4 nitrogen and oxygen atoms in total. The van der Waals surface area contributed by atoms with E-state index >= 15 is 0 Å². The van der Waals surface area contributed by atoms with E-state index in [0.29, 0.717) is 5.54 Å². The quantitative estimate of drug-likeness (QED) is 0.774. The molecule has 1 aromatic heterocycles. The van der Waals surface area contributed by atoms with Gasteiger partial charge >= 0.3 is 0 Å². The Labute approximate surface area is 90.8 Å². The van der Waals surface area contributed by atoms with Gasteiger partial charge in [0.2, 0.25) is 0 Å². The highest BCUT2D eigenvalue weighted by Gasteiger charge is 2.31. The number of nitrogens with zero attached hydrogens (tertiary/aromatic N) is 2. The second kappa shape index (κ2) is 3.94. The van der Waals surface area contributed by atoms with Crippen LogP contribution in [-0.4, -0.2) is 21.9 Å². The molecule has 3 N–H and O–H groups in total. The third-order valence-electron chi connectivity index (χ3n) is 3.36. The molecule has 1 aliphatic rings. The zero-order chi connectivity index (χ0) is 10.9. The van der Waals surface area contributed by atoms with Crippen molar-refractivity contribution < 1.29 is 0 Å². The number of aromatic nitrogens is 2. The van der Waals surface area contributed by atoms with Crippen LogP contribution in [0.3, 0.4) is 0 Å². The van der Waals surface area contributed by atoms with Gasteiger partial charge in [-0.1, -0.05) is 0 Å². The molecular weight excluding hydrogens is 188 g/mol. The third-order valence-corrected chi connectivity index (χ3v) is 3.36. The van der Waals surface area contributed by atoms with E-state index in [1.54, 1.807) is 4.68 Å². The first-order valence-corrected chi connectivity index (χ1v) is 5.58. The molecule has 1 aliphatic carbocycles. The maximum absolute atomic E-state index is 6.08. The van der Waals surface area contributed by atoms with Crippen LogP contribution in [0.2, 0.25) is 0 Å². The maximum Gasteiger partial charge on any atom is 0.0537 e. The average Bonchev–Trinajstić information content (AvgIpc) is 2.58. The van der Waals surface area contributed by atoms with E-state index in [-0.39, 0.29) is 6.04 Å². The van der Waals surface area contributed by atoms with Gasteiger partial charge in [0.05, 0.1) is 6.20 Å². The van der Waals surface area contributed by atoms with Crippen LogP contribution in [0.1, 0.15) is 37.8 Å². The van der Waals surface area contributed by atoms with Crippen LogP contribution in [0.15, 0.2) is 12.4 Å². The minimum absolute atomic E-state index is 0.0520. The fourth-order valence-corrected chi connectivity index (χ4v) is 1.99. The summed E-state index contributed by atoms with van der Waals surface area (Å²) in [5.41, 5.74) is 7.52. The normalized spacial score (nSPS) is 21.0. The van der Waals surface area contributed by atoms with Crippen molar-refractivity contribution in [3.05, 3.63) is 18.0 Å². The summed E-state index contributed by atoms with van der Waals surface area (Å²) in [6.45, 7) is 3.11.